The van der Waals surface area contributed by atoms with E-state index in [1.807, 2.05) is 25.1 Å². The molecule has 0 bridgehead atoms. The van der Waals surface area contributed by atoms with Gasteiger partial charge in [0.2, 0.25) is 0 Å². The van der Waals surface area contributed by atoms with E-state index in [1.54, 1.807) is 0 Å². The van der Waals surface area contributed by atoms with Crippen LogP contribution in [0.5, 0.6) is 0 Å². The molecule has 0 fully saturated rings. The van der Waals surface area contributed by atoms with Gasteiger partial charge in [0.25, 0.3) is 0 Å². The van der Waals surface area contributed by atoms with Crippen molar-refractivity contribution >= 4 is 17.4 Å². The predicted molar refractivity (Wildman–Crippen MR) is 61.4 cm³/mol. The molecule has 1 N–H and O–H groups in total. The molecule has 84 valence electrons. The average molecular weight is 218 g/mol. The van der Waals surface area contributed by atoms with Gasteiger partial charge >= 0.3 is 0 Å². The number of aldehydes is 1. The lowest BCUT2D eigenvalue weighted by atomic mass is 10.1. The number of oxazole rings is 1. The number of aromatic nitrogens is 1. The highest BCUT2D eigenvalue weighted by atomic mass is 16.3. The zero-order valence-electron chi connectivity index (χ0n) is 9.19. The zero-order chi connectivity index (χ0) is 11.4. The number of nitrogens with zero attached hydrogens (tertiary/aromatic N) is 1. The van der Waals surface area contributed by atoms with Crippen LogP contribution in [0.25, 0.3) is 11.1 Å². The second kappa shape index (κ2) is 4.90. The van der Waals surface area contributed by atoms with Gasteiger partial charge < -0.3 is 14.5 Å². The van der Waals surface area contributed by atoms with Crippen LogP contribution in [0.4, 0.5) is 0 Å². The first-order valence-corrected chi connectivity index (χ1v) is 5.30. The molecule has 0 saturated carbocycles. The van der Waals surface area contributed by atoms with E-state index in [-0.39, 0.29) is 0 Å². The first-order chi connectivity index (χ1) is 7.79. The molecule has 0 aliphatic heterocycles. The molecule has 4 heteroatoms. The van der Waals surface area contributed by atoms with Crippen LogP contribution in [-0.2, 0) is 11.2 Å². The van der Waals surface area contributed by atoms with E-state index in [2.05, 4.69) is 10.3 Å². The van der Waals surface area contributed by atoms with Gasteiger partial charge in [-0.1, -0.05) is 6.07 Å². The lowest BCUT2D eigenvalue weighted by Gasteiger charge is -2.00. The molecule has 0 spiro atoms. The smallest absolute Gasteiger partial charge is 0.192 e. The normalized spacial score (nSPS) is 10.8. The number of hydrogen-bond acceptors (Lipinski definition) is 4. The highest BCUT2D eigenvalue weighted by Crippen LogP contribution is 2.16. The largest absolute Gasteiger partial charge is 0.441 e. The monoisotopic (exact) mass is 218 g/mol. The van der Waals surface area contributed by atoms with Crippen molar-refractivity contribution in [2.45, 2.75) is 13.3 Å². The van der Waals surface area contributed by atoms with Crippen LogP contribution in [0.2, 0.25) is 0 Å². The fourth-order valence-electron chi connectivity index (χ4n) is 1.63. The summed E-state index contributed by atoms with van der Waals surface area (Å²) in [7, 11) is 0. The molecule has 2 rings (SSSR count). The number of hydrogen-bond donors (Lipinski definition) is 1. The summed E-state index contributed by atoms with van der Waals surface area (Å²) in [5.41, 5.74) is 2.90. The molecule has 4 nitrogen and oxygen atoms in total. The van der Waals surface area contributed by atoms with E-state index in [0.717, 1.165) is 30.4 Å². The minimum atomic E-state index is 0.406. The molecular weight excluding hydrogens is 204 g/mol. The van der Waals surface area contributed by atoms with Crippen molar-refractivity contribution < 1.29 is 9.21 Å². The van der Waals surface area contributed by atoms with Crippen molar-refractivity contribution in [1.29, 1.82) is 0 Å². The number of fused-ring (bicyclic) bond motifs is 1. The van der Waals surface area contributed by atoms with E-state index in [0.29, 0.717) is 12.4 Å². The molecule has 0 unspecified atom stereocenters. The Hall–Kier alpha value is -1.68. The van der Waals surface area contributed by atoms with Gasteiger partial charge in [0.1, 0.15) is 11.8 Å². The average Bonchev–Trinajstić information content (AvgIpc) is 2.64. The third-order valence-electron chi connectivity index (χ3n) is 2.38. The number of benzene rings is 1. The Labute approximate surface area is 93.7 Å². The minimum absolute atomic E-state index is 0.406. The Morgan fingerprint density at radius 2 is 2.38 bits per heavy atom. The van der Waals surface area contributed by atoms with Crippen LogP contribution in [0.1, 0.15) is 11.5 Å². The van der Waals surface area contributed by atoms with Gasteiger partial charge in [-0.3, -0.25) is 0 Å². The second-order valence-corrected chi connectivity index (χ2v) is 3.66. The molecule has 0 aliphatic carbocycles. The summed E-state index contributed by atoms with van der Waals surface area (Å²) in [6.45, 7) is 3.03. The van der Waals surface area contributed by atoms with Crippen molar-refractivity contribution in [3.05, 3.63) is 29.7 Å². The SMILES string of the molecule is Cc1nc2ccc(CCNCC=O)cc2o1. The maximum Gasteiger partial charge on any atom is 0.192 e. The highest BCUT2D eigenvalue weighted by molar-refractivity contribution is 5.73. The fraction of sp³-hybridized carbons (Fsp3) is 0.333. The Balaban J connectivity index is 2.04. The van der Waals surface area contributed by atoms with Gasteiger partial charge in [0, 0.05) is 6.92 Å². The van der Waals surface area contributed by atoms with Gasteiger partial charge in [-0.25, -0.2) is 4.98 Å². The van der Waals surface area contributed by atoms with E-state index in [9.17, 15) is 4.79 Å². The van der Waals surface area contributed by atoms with Gasteiger partial charge in [0.15, 0.2) is 11.5 Å². The quantitative estimate of drug-likeness (QED) is 0.610. The Kier molecular flexibility index (Phi) is 3.31. The second-order valence-electron chi connectivity index (χ2n) is 3.66. The van der Waals surface area contributed by atoms with Crippen LogP contribution in [0.15, 0.2) is 22.6 Å². The minimum Gasteiger partial charge on any atom is -0.441 e. The van der Waals surface area contributed by atoms with Gasteiger partial charge in [0.05, 0.1) is 6.54 Å². The van der Waals surface area contributed by atoms with Crippen molar-refractivity contribution in [1.82, 2.24) is 10.3 Å². The number of carbonyl (C=O) groups is 1. The molecule has 0 amide bonds. The van der Waals surface area contributed by atoms with Gasteiger partial charge in [-0.2, -0.15) is 0 Å². The van der Waals surface area contributed by atoms with Crippen LogP contribution in [0, 0.1) is 6.92 Å². The summed E-state index contributed by atoms with van der Waals surface area (Å²) in [4.78, 5) is 14.3. The van der Waals surface area contributed by atoms with Crippen LogP contribution in [0.3, 0.4) is 0 Å². The molecule has 1 aromatic heterocycles. The van der Waals surface area contributed by atoms with Crippen molar-refractivity contribution in [3.8, 4) is 0 Å². The van der Waals surface area contributed by atoms with E-state index >= 15 is 0 Å². The van der Waals surface area contributed by atoms with Crippen molar-refractivity contribution in [3.63, 3.8) is 0 Å². The van der Waals surface area contributed by atoms with Crippen LogP contribution in [-0.4, -0.2) is 24.4 Å². The zero-order valence-corrected chi connectivity index (χ0v) is 9.19. The molecule has 0 atom stereocenters. The first-order valence-electron chi connectivity index (χ1n) is 5.30. The van der Waals surface area contributed by atoms with Crippen LogP contribution >= 0.6 is 0 Å². The van der Waals surface area contributed by atoms with Crippen molar-refractivity contribution in [2.24, 2.45) is 0 Å². The van der Waals surface area contributed by atoms with Gasteiger partial charge in [-0.05, 0) is 30.7 Å². The Morgan fingerprint density at radius 3 is 3.19 bits per heavy atom. The number of aryl methyl sites for hydroxylation is 1. The summed E-state index contributed by atoms with van der Waals surface area (Å²) in [6, 6.07) is 5.99. The highest BCUT2D eigenvalue weighted by Gasteiger charge is 2.02. The molecular formula is C12H14N2O2. The first kappa shape index (κ1) is 10.8. The summed E-state index contributed by atoms with van der Waals surface area (Å²) >= 11 is 0. The number of carbonyl (C=O) groups excluding carboxylic acids is 1. The molecule has 0 aliphatic rings. The third-order valence-corrected chi connectivity index (χ3v) is 2.38. The summed E-state index contributed by atoms with van der Waals surface area (Å²) < 4.78 is 5.45. The Morgan fingerprint density at radius 1 is 1.50 bits per heavy atom. The third kappa shape index (κ3) is 2.46. The summed E-state index contributed by atoms with van der Waals surface area (Å²) in [5, 5.41) is 3.02. The maximum atomic E-state index is 10.1. The molecule has 2 aromatic rings. The van der Waals surface area contributed by atoms with E-state index in [4.69, 9.17) is 4.42 Å². The molecule has 16 heavy (non-hydrogen) atoms. The van der Waals surface area contributed by atoms with E-state index < -0.39 is 0 Å². The molecule has 0 saturated heterocycles. The molecule has 0 radical (unpaired) electrons. The Bertz CT molecular complexity index is 491. The predicted octanol–water partition coefficient (Wildman–Crippen LogP) is 1.47. The molecule has 1 heterocycles. The standard InChI is InChI=1S/C12H14N2O2/c1-9-14-11-3-2-10(8-12(11)16-9)4-5-13-6-7-15/h2-3,7-8,13H,4-6H2,1H3. The maximum absolute atomic E-state index is 10.1. The number of rotatable bonds is 5. The fourth-order valence-corrected chi connectivity index (χ4v) is 1.63. The molecule has 1 aromatic carbocycles. The summed E-state index contributed by atoms with van der Waals surface area (Å²) in [5.74, 6) is 0.686. The van der Waals surface area contributed by atoms with E-state index in [1.165, 1.54) is 5.56 Å². The number of nitrogens with one attached hydrogen (secondary N) is 1. The summed E-state index contributed by atoms with van der Waals surface area (Å²) in [6.07, 6.45) is 1.74. The van der Waals surface area contributed by atoms with Crippen molar-refractivity contribution in [2.75, 3.05) is 13.1 Å². The van der Waals surface area contributed by atoms with Crippen LogP contribution < -0.4 is 5.32 Å². The topological polar surface area (TPSA) is 55.1 Å². The van der Waals surface area contributed by atoms with Gasteiger partial charge in [-0.15, -0.1) is 0 Å². The lowest BCUT2D eigenvalue weighted by molar-refractivity contribution is -0.107. The lowest BCUT2D eigenvalue weighted by Crippen LogP contribution is -2.19.